The van der Waals surface area contributed by atoms with Crippen molar-refractivity contribution in [2.75, 3.05) is 24.6 Å². The Morgan fingerprint density at radius 1 is 1.08 bits per heavy atom. The second-order valence-corrected chi connectivity index (χ2v) is 5.79. The molecule has 0 atom stereocenters. The first-order valence-corrected chi connectivity index (χ1v) is 8.79. The van der Waals surface area contributed by atoms with Gasteiger partial charge < -0.3 is 14.4 Å². The maximum Gasteiger partial charge on any atom is 0.314 e. The van der Waals surface area contributed by atoms with E-state index in [4.69, 9.17) is 21.1 Å². The van der Waals surface area contributed by atoms with Crippen LogP contribution in [0.25, 0.3) is 0 Å². The van der Waals surface area contributed by atoms with Gasteiger partial charge in [0, 0.05) is 18.1 Å². The Balaban J connectivity index is 2.30. The van der Waals surface area contributed by atoms with E-state index in [1.807, 2.05) is 30.3 Å². The van der Waals surface area contributed by atoms with Gasteiger partial charge in [0.2, 0.25) is 0 Å². The van der Waals surface area contributed by atoms with E-state index in [0.717, 1.165) is 30.1 Å². The van der Waals surface area contributed by atoms with Gasteiger partial charge in [-0.2, -0.15) is 0 Å². The van der Waals surface area contributed by atoms with Crippen molar-refractivity contribution in [3.63, 3.8) is 0 Å². The fraction of sp³-hybridized carbons (Fsp3) is 0.300. The number of nitrogens with zero attached hydrogens (tertiary/aromatic N) is 1. The van der Waals surface area contributed by atoms with Crippen LogP contribution in [0.5, 0.6) is 11.5 Å². The number of anilines is 1. The molecule has 0 aromatic heterocycles. The van der Waals surface area contributed by atoms with Crippen LogP contribution in [-0.4, -0.2) is 25.7 Å². The van der Waals surface area contributed by atoms with E-state index in [1.54, 1.807) is 19.1 Å². The van der Waals surface area contributed by atoms with Gasteiger partial charge in [0.15, 0.2) is 5.75 Å². The summed E-state index contributed by atoms with van der Waals surface area (Å²) < 4.78 is 11.0. The van der Waals surface area contributed by atoms with Crippen molar-refractivity contribution in [3.05, 3.63) is 59.5 Å². The molecule has 0 aliphatic heterocycles. The third-order valence-electron chi connectivity index (χ3n) is 3.70. The highest BCUT2D eigenvalue weighted by Gasteiger charge is 2.14. The van der Waals surface area contributed by atoms with E-state index in [-0.39, 0.29) is 5.97 Å². The van der Waals surface area contributed by atoms with Crippen LogP contribution < -0.4 is 9.64 Å². The summed E-state index contributed by atoms with van der Waals surface area (Å²) in [5.74, 6) is 1.09. The minimum atomic E-state index is -0.348. The molecule has 0 aliphatic carbocycles. The SMILES string of the molecule is CCOC(=O)[CH]c1ccc(Oc2ccc(Cl)cc2)c(N(CC)CC)c1. The predicted octanol–water partition coefficient (Wildman–Crippen LogP) is 5.09. The molecule has 2 aromatic carbocycles. The van der Waals surface area contributed by atoms with Gasteiger partial charge in [-0.1, -0.05) is 17.7 Å². The maximum atomic E-state index is 11.7. The summed E-state index contributed by atoms with van der Waals surface area (Å²) in [5.41, 5.74) is 1.71. The highest BCUT2D eigenvalue weighted by molar-refractivity contribution is 6.30. The first-order chi connectivity index (χ1) is 12.1. The van der Waals surface area contributed by atoms with E-state index < -0.39 is 0 Å². The van der Waals surface area contributed by atoms with Gasteiger partial charge in [0.05, 0.1) is 18.7 Å². The van der Waals surface area contributed by atoms with Crippen LogP contribution in [0, 0.1) is 6.42 Å². The molecule has 0 spiro atoms. The molecule has 25 heavy (non-hydrogen) atoms. The zero-order valence-corrected chi connectivity index (χ0v) is 15.5. The minimum Gasteiger partial charge on any atom is -0.465 e. The fourth-order valence-corrected chi connectivity index (χ4v) is 2.60. The molecule has 0 saturated heterocycles. The normalized spacial score (nSPS) is 10.4. The number of hydrogen-bond acceptors (Lipinski definition) is 4. The molecule has 0 bridgehead atoms. The Hall–Kier alpha value is -2.20. The van der Waals surface area contributed by atoms with Gasteiger partial charge in [-0.3, -0.25) is 4.79 Å². The molecule has 2 rings (SSSR count). The first-order valence-electron chi connectivity index (χ1n) is 8.41. The molecule has 0 heterocycles. The third-order valence-corrected chi connectivity index (χ3v) is 3.95. The lowest BCUT2D eigenvalue weighted by molar-refractivity contribution is -0.138. The summed E-state index contributed by atoms with van der Waals surface area (Å²) in [7, 11) is 0. The lowest BCUT2D eigenvalue weighted by atomic mass is 10.1. The highest BCUT2D eigenvalue weighted by atomic mass is 35.5. The van der Waals surface area contributed by atoms with Crippen molar-refractivity contribution in [2.45, 2.75) is 20.8 Å². The molecule has 0 amide bonds. The summed E-state index contributed by atoms with van der Waals surface area (Å²) in [5, 5.41) is 0.663. The zero-order valence-electron chi connectivity index (χ0n) is 14.8. The van der Waals surface area contributed by atoms with E-state index in [0.29, 0.717) is 17.4 Å². The summed E-state index contributed by atoms with van der Waals surface area (Å²) >= 11 is 5.92. The van der Waals surface area contributed by atoms with E-state index >= 15 is 0 Å². The number of hydrogen-bond donors (Lipinski definition) is 0. The van der Waals surface area contributed by atoms with Crippen molar-refractivity contribution in [1.29, 1.82) is 0 Å². The standard InChI is InChI=1S/C20H23ClNO3/c1-4-22(5-2)18-13-15(14-20(23)24-6-3)7-12-19(18)25-17-10-8-16(21)9-11-17/h7-14H,4-6H2,1-3H3. The molecule has 0 N–H and O–H groups in total. The van der Waals surface area contributed by atoms with Crippen LogP contribution in [0.3, 0.4) is 0 Å². The second-order valence-electron chi connectivity index (χ2n) is 5.35. The van der Waals surface area contributed by atoms with Crippen LogP contribution >= 0.6 is 11.6 Å². The van der Waals surface area contributed by atoms with Crippen molar-refractivity contribution in [2.24, 2.45) is 0 Å². The zero-order chi connectivity index (χ0) is 18.2. The van der Waals surface area contributed by atoms with Gasteiger partial charge >= 0.3 is 5.97 Å². The van der Waals surface area contributed by atoms with E-state index in [1.165, 1.54) is 6.42 Å². The molecule has 1 radical (unpaired) electrons. The minimum absolute atomic E-state index is 0.348. The van der Waals surface area contributed by atoms with Gasteiger partial charge in [-0.05, 0) is 62.7 Å². The van der Waals surface area contributed by atoms with Crippen molar-refractivity contribution in [3.8, 4) is 11.5 Å². The molecular weight excluding hydrogens is 338 g/mol. The average Bonchev–Trinajstić information content (AvgIpc) is 2.60. The third kappa shape index (κ3) is 5.40. The van der Waals surface area contributed by atoms with Crippen LogP contribution in [0.2, 0.25) is 5.02 Å². The maximum absolute atomic E-state index is 11.7. The monoisotopic (exact) mass is 360 g/mol. The second kappa shape index (κ2) is 9.33. The van der Waals surface area contributed by atoms with Crippen LogP contribution in [-0.2, 0) is 9.53 Å². The van der Waals surface area contributed by atoms with Gasteiger partial charge in [-0.25, -0.2) is 0 Å². The van der Waals surface area contributed by atoms with Crippen molar-refractivity contribution < 1.29 is 14.3 Å². The predicted molar refractivity (Wildman–Crippen MR) is 102 cm³/mol. The van der Waals surface area contributed by atoms with Crippen molar-refractivity contribution in [1.82, 2.24) is 0 Å². The largest absolute Gasteiger partial charge is 0.465 e. The number of rotatable bonds is 8. The van der Waals surface area contributed by atoms with Crippen LogP contribution in [0.15, 0.2) is 42.5 Å². The number of benzene rings is 2. The summed E-state index contributed by atoms with van der Waals surface area (Å²) in [6, 6.07) is 12.9. The molecule has 0 unspecified atom stereocenters. The molecular formula is C20H23ClNO3. The summed E-state index contributed by atoms with van der Waals surface area (Å²) in [6.45, 7) is 7.97. The molecule has 0 aliphatic rings. The molecule has 0 fully saturated rings. The number of carbonyl (C=O) groups excluding carboxylic acids is 1. The Kier molecular flexibility index (Phi) is 7.14. The van der Waals surface area contributed by atoms with E-state index in [2.05, 4.69) is 18.7 Å². The average molecular weight is 361 g/mol. The number of halogens is 1. The number of esters is 1. The quantitative estimate of drug-likeness (QED) is 0.614. The smallest absolute Gasteiger partial charge is 0.314 e. The van der Waals surface area contributed by atoms with E-state index in [9.17, 15) is 4.79 Å². The van der Waals surface area contributed by atoms with Gasteiger partial charge in [-0.15, -0.1) is 0 Å². The Morgan fingerprint density at radius 2 is 1.76 bits per heavy atom. The molecule has 133 valence electrons. The number of ether oxygens (including phenoxy) is 2. The highest BCUT2D eigenvalue weighted by Crippen LogP contribution is 2.34. The molecule has 2 aromatic rings. The first kappa shape index (κ1) is 19.1. The fourth-order valence-electron chi connectivity index (χ4n) is 2.47. The van der Waals surface area contributed by atoms with Crippen LogP contribution in [0.4, 0.5) is 5.69 Å². The Bertz CT molecular complexity index is 697. The van der Waals surface area contributed by atoms with Gasteiger partial charge in [0.1, 0.15) is 5.75 Å². The lowest BCUT2D eigenvalue weighted by Gasteiger charge is -2.24. The van der Waals surface area contributed by atoms with Gasteiger partial charge in [0.25, 0.3) is 0 Å². The Morgan fingerprint density at radius 3 is 2.36 bits per heavy atom. The summed E-state index contributed by atoms with van der Waals surface area (Å²) in [6.07, 6.45) is 1.49. The molecule has 4 nitrogen and oxygen atoms in total. The lowest BCUT2D eigenvalue weighted by Crippen LogP contribution is -2.22. The topological polar surface area (TPSA) is 38.8 Å². The summed E-state index contributed by atoms with van der Waals surface area (Å²) in [4.78, 5) is 13.9. The van der Waals surface area contributed by atoms with Crippen LogP contribution in [0.1, 0.15) is 26.3 Å². The molecule has 5 heteroatoms. The number of carbonyl (C=O) groups is 1. The van der Waals surface area contributed by atoms with Crippen molar-refractivity contribution >= 4 is 23.3 Å². The molecule has 0 saturated carbocycles. The Labute approximate surface area is 154 Å².